The Hall–Kier alpha value is -2.34. The number of nitrogens with zero attached hydrogens (tertiary/aromatic N) is 2. The van der Waals surface area contributed by atoms with Gasteiger partial charge < -0.3 is 10.2 Å². The molecule has 0 amide bonds. The van der Waals surface area contributed by atoms with Crippen LogP contribution in [0.15, 0.2) is 24.3 Å². The maximum absolute atomic E-state index is 13.0. The Morgan fingerprint density at radius 2 is 1.57 bits per heavy atom. The Morgan fingerprint density at radius 1 is 1.00 bits per heavy atom. The van der Waals surface area contributed by atoms with Gasteiger partial charge in [0, 0.05) is 23.2 Å². The molecule has 2 heterocycles. The second-order valence-corrected chi connectivity index (χ2v) is 8.07. The number of hydrogen-bond acceptors (Lipinski definition) is 4. The van der Waals surface area contributed by atoms with Crippen LogP contribution in [0.2, 0.25) is 0 Å². The van der Waals surface area contributed by atoms with Crippen molar-refractivity contribution in [3.05, 3.63) is 46.8 Å². The largest absolute Gasteiger partial charge is 0.494 e. The molecule has 0 unspecified atom stereocenters. The van der Waals surface area contributed by atoms with Crippen LogP contribution in [-0.4, -0.2) is 45.1 Å². The zero-order chi connectivity index (χ0) is 19.7. The predicted octanol–water partition coefficient (Wildman–Crippen LogP) is 3.51. The van der Waals surface area contributed by atoms with Crippen molar-refractivity contribution >= 4 is 5.78 Å². The van der Waals surface area contributed by atoms with Gasteiger partial charge in [0.15, 0.2) is 17.5 Å². The van der Waals surface area contributed by atoms with Gasteiger partial charge in [0.25, 0.3) is 0 Å². The summed E-state index contributed by atoms with van der Waals surface area (Å²) in [4.78, 5) is 14.5. The highest BCUT2D eigenvalue weighted by Gasteiger charge is 2.27. The Labute approximate surface area is 164 Å². The minimum Gasteiger partial charge on any atom is -0.494 e. The Bertz CT molecular complexity index is 822. The topological polar surface area (TPSA) is 65.7 Å². The number of ketones is 1. The smallest absolute Gasteiger partial charge is 0.197 e. The quantitative estimate of drug-likeness (QED) is 0.772. The van der Waals surface area contributed by atoms with Gasteiger partial charge in [-0.15, -0.1) is 0 Å². The van der Waals surface area contributed by atoms with Crippen LogP contribution in [0.1, 0.15) is 47.2 Å². The van der Waals surface area contributed by atoms with Crippen LogP contribution in [0.4, 0.5) is 4.39 Å². The summed E-state index contributed by atoms with van der Waals surface area (Å²) in [5, 5.41) is 21.0. The van der Waals surface area contributed by atoms with Crippen molar-refractivity contribution in [2.75, 3.05) is 19.6 Å². The van der Waals surface area contributed by atoms with Crippen LogP contribution in [0.5, 0.6) is 11.8 Å². The number of aromatic nitrogens is 1. The summed E-state index contributed by atoms with van der Waals surface area (Å²) in [6.07, 6.45) is 5.63. The fourth-order valence-corrected chi connectivity index (χ4v) is 4.51. The van der Waals surface area contributed by atoms with Gasteiger partial charge in [0.2, 0.25) is 0 Å². The van der Waals surface area contributed by atoms with Crippen molar-refractivity contribution in [3.8, 4) is 11.8 Å². The highest BCUT2D eigenvalue weighted by Crippen LogP contribution is 2.39. The van der Waals surface area contributed by atoms with Crippen LogP contribution in [0.3, 0.4) is 0 Å². The number of piperidine rings is 1. The first-order chi connectivity index (χ1) is 13.5. The second kappa shape index (κ2) is 7.95. The van der Waals surface area contributed by atoms with Gasteiger partial charge in [-0.1, -0.05) is 0 Å². The molecule has 0 saturated carbocycles. The van der Waals surface area contributed by atoms with Gasteiger partial charge in [-0.3, -0.25) is 14.3 Å². The molecule has 1 aromatic heterocycles. The van der Waals surface area contributed by atoms with E-state index < -0.39 is 0 Å². The fourth-order valence-electron chi connectivity index (χ4n) is 4.51. The monoisotopic (exact) mass is 386 g/mol. The number of carbonyl (C=O) groups excluding carboxylic acids is 1. The first-order valence-electron chi connectivity index (χ1n) is 10.2. The van der Waals surface area contributed by atoms with Crippen molar-refractivity contribution in [3.63, 3.8) is 0 Å². The van der Waals surface area contributed by atoms with Crippen molar-refractivity contribution in [2.45, 2.75) is 45.1 Å². The van der Waals surface area contributed by atoms with Crippen LogP contribution in [-0.2, 0) is 19.4 Å². The maximum Gasteiger partial charge on any atom is 0.197 e. The van der Waals surface area contributed by atoms with Crippen LogP contribution in [0, 0.1) is 11.7 Å². The van der Waals surface area contributed by atoms with Gasteiger partial charge >= 0.3 is 0 Å². The third kappa shape index (κ3) is 3.78. The van der Waals surface area contributed by atoms with E-state index in [1.165, 1.54) is 24.3 Å². The summed E-state index contributed by atoms with van der Waals surface area (Å²) in [5.74, 6) is 0.507. The zero-order valence-corrected chi connectivity index (χ0v) is 16.0. The molecule has 5 nitrogen and oxygen atoms in total. The second-order valence-electron chi connectivity index (χ2n) is 8.07. The summed E-state index contributed by atoms with van der Waals surface area (Å²) in [6, 6.07) is 5.69. The average molecular weight is 386 g/mol. The first kappa shape index (κ1) is 19.0. The highest BCUT2D eigenvalue weighted by molar-refractivity contribution is 5.97. The van der Waals surface area contributed by atoms with E-state index in [9.17, 15) is 19.4 Å². The summed E-state index contributed by atoms with van der Waals surface area (Å²) < 4.78 is 14.7. The summed E-state index contributed by atoms with van der Waals surface area (Å²) in [5.41, 5.74) is 2.38. The lowest BCUT2D eigenvalue weighted by atomic mass is 9.95. The lowest BCUT2D eigenvalue weighted by Crippen LogP contribution is -2.38. The number of hydrogen-bond donors (Lipinski definition) is 2. The molecule has 1 aromatic carbocycles. The number of fused-ring (bicyclic) bond motifs is 1. The van der Waals surface area contributed by atoms with E-state index in [0.717, 1.165) is 62.7 Å². The molecular weight excluding hydrogens is 359 g/mol. The molecule has 1 fully saturated rings. The van der Waals surface area contributed by atoms with Gasteiger partial charge in [-0.05, 0) is 81.8 Å². The molecule has 1 aliphatic heterocycles. The third-order valence-electron chi connectivity index (χ3n) is 6.20. The Balaban J connectivity index is 1.33. The molecule has 1 saturated heterocycles. The molecule has 150 valence electrons. The van der Waals surface area contributed by atoms with Crippen LogP contribution < -0.4 is 0 Å². The summed E-state index contributed by atoms with van der Waals surface area (Å²) in [6.45, 7) is 2.57. The van der Waals surface area contributed by atoms with E-state index in [4.69, 9.17) is 0 Å². The number of Topliss-reactive ketones (excluding diaryl/α,β-unsaturated/α-hetero) is 1. The first-order valence-corrected chi connectivity index (χ1v) is 10.2. The van der Waals surface area contributed by atoms with Crippen molar-refractivity contribution in [1.29, 1.82) is 0 Å². The van der Waals surface area contributed by atoms with Crippen LogP contribution in [0.25, 0.3) is 0 Å². The minimum atomic E-state index is -0.337. The van der Waals surface area contributed by atoms with Crippen molar-refractivity contribution in [2.24, 2.45) is 5.92 Å². The molecule has 0 radical (unpaired) electrons. The molecular formula is C22H27FN2O3. The molecule has 2 aliphatic rings. The van der Waals surface area contributed by atoms with E-state index in [1.54, 1.807) is 4.57 Å². The zero-order valence-electron chi connectivity index (χ0n) is 16.0. The van der Waals surface area contributed by atoms with E-state index in [0.29, 0.717) is 24.6 Å². The normalized spacial score (nSPS) is 18.2. The Kier molecular flexibility index (Phi) is 5.40. The molecule has 0 spiro atoms. The molecule has 0 bridgehead atoms. The number of benzene rings is 1. The number of carbonyl (C=O) groups is 1. The fraction of sp³-hybridized carbons (Fsp3) is 0.500. The third-order valence-corrected chi connectivity index (χ3v) is 6.20. The standard InChI is InChI=1S/C22H27FN2O3/c23-17-7-5-16(6-8-17)20(26)14-24-11-9-15(10-12-24)13-25-21(27)18-3-1-2-4-19(18)22(25)28/h5-8,15,27-28H,1-4,9-14H2. The SMILES string of the molecule is O=C(CN1CCC(Cn2c(O)c3c(c2O)CCCC3)CC1)c1ccc(F)cc1. The number of likely N-dealkylation sites (tertiary alicyclic amines) is 1. The molecule has 28 heavy (non-hydrogen) atoms. The van der Waals surface area contributed by atoms with E-state index >= 15 is 0 Å². The molecule has 2 aromatic rings. The van der Waals surface area contributed by atoms with E-state index in [2.05, 4.69) is 4.90 Å². The molecule has 2 N–H and O–H groups in total. The molecule has 1 aliphatic carbocycles. The predicted molar refractivity (Wildman–Crippen MR) is 104 cm³/mol. The van der Waals surface area contributed by atoms with Gasteiger partial charge in [-0.25, -0.2) is 4.39 Å². The van der Waals surface area contributed by atoms with Crippen molar-refractivity contribution in [1.82, 2.24) is 9.47 Å². The average Bonchev–Trinajstić information content (AvgIpc) is 2.95. The molecule has 0 atom stereocenters. The van der Waals surface area contributed by atoms with Gasteiger partial charge in [0.1, 0.15) is 5.82 Å². The summed E-state index contributed by atoms with van der Waals surface area (Å²) in [7, 11) is 0. The highest BCUT2D eigenvalue weighted by atomic mass is 19.1. The molecule has 6 heteroatoms. The van der Waals surface area contributed by atoms with E-state index in [-0.39, 0.29) is 23.4 Å². The number of rotatable bonds is 5. The summed E-state index contributed by atoms with van der Waals surface area (Å²) >= 11 is 0. The lowest BCUT2D eigenvalue weighted by Gasteiger charge is -2.31. The van der Waals surface area contributed by atoms with Crippen LogP contribution >= 0.6 is 0 Å². The lowest BCUT2D eigenvalue weighted by molar-refractivity contribution is 0.0889. The number of halogens is 1. The maximum atomic E-state index is 13.0. The van der Waals surface area contributed by atoms with Gasteiger partial charge in [-0.2, -0.15) is 0 Å². The molecule has 4 rings (SSSR count). The van der Waals surface area contributed by atoms with Gasteiger partial charge in [0.05, 0.1) is 6.54 Å². The van der Waals surface area contributed by atoms with E-state index in [1.807, 2.05) is 0 Å². The minimum absolute atomic E-state index is 0.00632. The van der Waals surface area contributed by atoms with Crippen molar-refractivity contribution < 1.29 is 19.4 Å². The number of aromatic hydroxyl groups is 2. The Morgan fingerprint density at radius 3 is 2.14 bits per heavy atom.